The number of hydrogen-bond donors (Lipinski definition) is 1. The zero-order chi connectivity index (χ0) is 12.8. The third kappa shape index (κ3) is 3.27. The van der Waals surface area contributed by atoms with Crippen molar-refractivity contribution in [2.45, 2.75) is 29.7 Å². The van der Waals surface area contributed by atoms with E-state index in [4.69, 9.17) is 5.73 Å². The van der Waals surface area contributed by atoms with E-state index >= 15 is 0 Å². The van der Waals surface area contributed by atoms with E-state index in [1.54, 1.807) is 36.7 Å². The van der Waals surface area contributed by atoms with Crippen LogP contribution in [0.3, 0.4) is 0 Å². The molecule has 0 aliphatic heterocycles. The Morgan fingerprint density at radius 1 is 1.17 bits per heavy atom. The normalized spacial score (nSPS) is 14.1. The Labute approximate surface area is 111 Å². The summed E-state index contributed by atoms with van der Waals surface area (Å²) >= 11 is 1.67. The first-order valence-corrected chi connectivity index (χ1v) is 6.77. The summed E-state index contributed by atoms with van der Waals surface area (Å²) in [6.07, 6.45) is 7.82. The molecule has 0 saturated heterocycles. The molecule has 0 radical (unpaired) electrons. The van der Waals surface area contributed by atoms with Gasteiger partial charge in [0.05, 0.1) is 10.3 Å². The molecule has 2 aromatic rings. The van der Waals surface area contributed by atoms with Crippen LogP contribution in [0.25, 0.3) is 0 Å². The summed E-state index contributed by atoms with van der Waals surface area (Å²) in [6.45, 7) is 2.10. The van der Waals surface area contributed by atoms with Crippen molar-refractivity contribution in [3.8, 4) is 0 Å². The molecule has 2 N–H and O–H groups in total. The highest BCUT2D eigenvalue weighted by Gasteiger charge is 2.20. The molecule has 4 nitrogen and oxygen atoms in total. The van der Waals surface area contributed by atoms with Crippen LogP contribution in [-0.4, -0.2) is 21.0 Å². The summed E-state index contributed by atoms with van der Waals surface area (Å²) < 4.78 is 0. The topological polar surface area (TPSA) is 64.7 Å². The number of hydrogen-bond acceptors (Lipinski definition) is 5. The van der Waals surface area contributed by atoms with Crippen LogP contribution in [0.2, 0.25) is 0 Å². The molecule has 0 aromatic carbocycles. The first kappa shape index (κ1) is 13.0. The molecule has 2 atom stereocenters. The van der Waals surface area contributed by atoms with Crippen molar-refractivity contribution in [3.05, 3.63) is 48.7 Å². The average molecular weight is 260 g/mol. The van der Waals surface area contributed by atoms with Gasteiger partial charge in [-0.15, -0.1) is 0 Å². The van der Waals surface area contributed by atoms with Gasteiger partial charge in [-0.3, -0.25) is 4.98 Å². The molecule has 0 bridgehead atoms. The molecule has 94 valence electrons. The third-order valence-corrected chi connectivity index (χ3v) is 4.06. The van der Waals surface area contributed by atoms with E-state index in [-0.39, 0.29) is 11.3 Å². The van der Waals surface area contributed by atoms with Gasteiger partial charge >= 0.3 is 0 Å². The van der Waals surface area contributed by atoms with Gasteiger partial charge in [0.1, 0.15) is 6.33 Å². The van der Waals surface area contributed by atoms with E-state index in [1.807, 2.05) is 18.2 Å². The molecule has 2 rings (SSSR count). The predicted molar refractivity (Wildman–Crippen MR) is 73.1 cm³/mol. The van der Waals surface area contributed by atoms with Crippen molar-refractivity contribution in [1.29, 1.82) is 0 Å². The van der Waals surface area contributed by atoms with E-state index in [0.717, 1.165) is 11.4 Å². The van der Waals surface area contributed by atoms with E-state index < -0.39 is 0 Å². The van der Waals surface area contributed by atoms with Gasteiger partial charge < -0.3 is 5.73 Å². The maximum Gasteiger partial charge on any atom is 0.116 e. The van der Waals surface area contributed by atoms with Crippen LogP contribution in [0.1, 0.15) is 24.2 Å². The molecule has 2 unspecified atom stereocenters. The van der Waals surface area contributed by atoms with Gasteiger partial charge in [-0.05, 0) is 30.2 Å². The Balaban J connectivity index is 2.21. The number of thioether (sulfide) groups is 1. The number of nitrogens with zero attached hydrogens (tertiary/aromatic N) is 3. The Morgan fingerprint density at radius 2 is 1.89 bits per heavy atom. The van der Waals surface area contributed by atoms with E-state index in [1.165, 1.54) is 5.56 Å². The van der Waals surface area contributed by atoms with Crippen LogP contribution in [0.4, 0.5) is 0 Å². The highest BCUT2D eigenvalue weighted by molar-refractivity contribution is 7.99. The molecule has 2 aromatic heterocycles. The minimum Gasteiger partial charge on any atom is -0.326 e. The van der Waals surface area contributed by atoms with Crippen molar-refractivity contribution in [3.63, 3.8) is 0 Å². The Morgan fingerprint density at radius 3 is 2.50 bits per heavy atom. The van der Waals surface area contributed by atoms with Gasteiger partial charge in [-0.25, -0.2) is 9.97 Å². The maximum absolute atomic E-state index is 6.21. The van der Waals surface area contributed by atoms with E-state index in [0.29, 0.717) is 0 Å². The lowest BCUT2D eigenvalue weighted by molar-refractivity contribution is 0.633. The summed E-state index contributed by atoms with van der Waals surface area (Å²) in [6, 6.07) is 6.01. The second-order valence-corrected chi connectivity index (χ2v) is 5.10. The summed E-state index contributed by atoms with van der Waals surface area (Å²) in [5, 5.41) is 1.13. The molecule has 0 aliphatic carbocycles. The van der Waals surface area contributed by atoms with Crippen molar-refractivity contribution in [2.75, 3.05) is 0 Å². The molecule has 2 heterocycles. The van der Waals surface area contributed by atoms with Crippen LogP contribution >= 0.6 is 11.8 Å². The number of nitrogens with two attached hydrogens (primary N) is 1. The average Bonchev–Trinajstić information content (AvgIpc) is 2.46. The number of rotatable bonds is 5. The van der Waals surface area contributed by atoms with E-state index in [2.05, 4.69) is 21.9 Å². The lowest BCUT2D eigenvalue weighted by atomic mass is 10.1. The number of aromatic nitrogens is 3. The molecule has 0 spiro atoms. The second kappa shape index (κ2) is 6.47. The van der Waals surface area contributed by atoms with Crippen LogP contribution < -0.4 is 5.73 Å². The van der Waals surface area contributed by atoms with Crippen molar-refractivity contribution in [2.24, 2.45) is 5.73 Å². The van der Waals surface area contributed by atoms with Gasteiger partial charge in [0.25, 0.3) is 0 Å². The largest absolute Gasteiger partial charge is 0.326 e. The van der Waals surface area contributed by atoms with Gasteiger partial charge in [-0.2, -0.15) is 0 Å². The Kier molecular flexibility index (Phi) is 4.66. The predicted octanol–water partition coefficient (Wildman–Crippen LogP) is 2.44. The maximum atomic E-state index is 6.21. The first-order chi connectivity index (χ1) is 8.81. The summed E-state index contributed by atoms with van der Waals surface area (Å²) in [5.74, 6) is 0. The summed E-state index contributed by atoms with van der Waals surface area (Å²) in [7, 11) is 0. The van der Waals surface area contributed by atoms with Crippen LogP contribution in [-0.2, 0) is 0 Å². The molecular weight excluding hydrogens is 244 g/mol. The molecule has 18 heavy (non-hydrogen) atoms. The van der Waals surface area contributed by atoms with Gasteiger partial charge in [0, 0.05) is 24.6 Å². The monoisotopic (exact) mass is 260 g/mol. The third-order valence-electron chi connectivity index (χ3n) is 2.70. The minimum absolute atomic E-state index is 0.0902. The molecular formula is C13H16N4S. The second-order valence-electron chi connectivity index (χ2n) is 3.94. The standard InChI is InChI=1S/C13H16N4S/c1-2-11(14)13(10-3-6-15-7-4-10)18-12-5-8-16-9-17-12/h3-9,11,13H,2,14H2,1H3. The zero-order valence-electron chi connectivity index (χ0n) is 10.2. The minimum atomic E-state index is 0.0902. The summed E-state index contributed by atoms with van der Waals surface area (Å²) in [5.41, 5.74) is 7.40. The number of pyridine rings is 1. The fourth-order valence-corrected chi connectivity index (χ4v) is 2.82. The molecule has 0 amide bonds. The van der Waals surface area contributed by atoms with Crippen molar-refractivity contribution < 1.29 is 0 Å². The highest BCUT2D eigenvalue weighted by atomic mass is 32.2. The van der Waals surface area contributed by atoms with Crippen LogP contribution in [0.15, 0.2) is 48.1 Å². The highest BCUT2D eigenvalue weighted by Crippen LogP contribution is 2.36. The zero-order valence-corrected chi connectivity index (χ0v) is 11.0. The summed E-state index contributed by atoms with van der Waals surface area (Å²) in [4.78, 5) is 12.2. The van der Waals surface area contributed by atoms with E-state index in [9.17, 15) is 0 Å². The molecule has 0 saturated carbocycles. The Hall–Kier alpha value is -1.46. The quantitative estimate of drug-likeness (QED) is 0.660. The van der Waals surface area contributed by atoms with Gasteiger partial charge in [0.2, 0.25) is 0 Å². The van der Waals surface area contributed by atoms with Gasteiger partial charge in [0.15, 0.2) is 0 Å². The fourth-order valence-electron chi connectivity index (χ4n) is 1.65. The van der Waals surface area contributed by atoms with Crippen molar-refractivity contribution in [1.82, 2.24) is 15.0 Å². The van der Waals surface area contributed by atoms with Crippen LogP contribution in [0.5, 0.6) is 0 Å². The fraction of sp³-hybridized carbons (Fsp3) is 0.308. The Bertz CT molecular complexity index is 463. The molecule has 0 fully saturated rings. The molecule has 5 heteroatoms. The van der Waals surface area contributed by atoms with Crippen molar-refractivity contribution >= 4 is 11.8 Å². The smallest absolute Gasteiger partial charge is 0.116 e. The first-order valence-electron chi connectivity index (χ1n) is 5.89. The SMILES string of the molecule is CCC(N)C(Sc1ccncn1)c1ccncc1. The molecule has 0 aliphatic rings. The van der Waals surface area contributed by atoms with Crippen LogP contribution in [0, 0.1) is 0 Å². The lowest BCUT2D eigenvalue weighted by Crippen LogP contribution is -2.25. The van der Waals surface area contributed by atoms with Gasteiger partial charge in [-0.1, -0.05) is 18.7 Å². The lowest BCUT2D eigenvalue weighted by Gasteiger charge is -2.22.